The number of pyridine rings is 2. The maximum atomic E-state index is 12.6. The number of carbonyl (C=O) groups excluding carboxylic acids is 1. The van der Waals surface area contributed by atoms with Gasteiger partial charge in [-0.25, -0.2) is 4.79 Å². The Labute approximate surface area is 149 Å². The molecule has 2 aromatic heterocycles. The number of hydrogen-bond acceptors (Lipinski definition) is 4. The smallest absolute Gasteiger partial charge is 0.318 e. The van der Waals surface area contributed by atoms with Crippen LogP contribution < -0.4 is 10.1 Å². The Hall–Kier alpha value is -2.63. The zero-order valence-electron chi connectivity index (χ0n) is 15.5. The van der Waals surface area contributed by atoms with Crippen LogP contribution in [0.3, 0.4) is 0 Å². The molecular formula is C19H26N4O2. The molecule has 25 heavy (non-hydrogen) atoms. The van der Waals surface area contributed by atoms with E-state index in [4.69, 9.17) is 4.74 Å². The van der Waals surface area contributed by atoms with Crippen LogP contribution in [0, 0.1) is 13.8 Å². The van der Waals surface area contributed by atoms with Crippen LogP contribution in [0.15, 0.2) is 30.7 Å². The van der Waals surface area contributed by atoms with Crippen molar-refractivity contribution in [3.8, 4) is 5.75 Å². The average molecular weight is 342 g/mol. The molecule has 1 N–H and O–H groups in total. The van der Waals surface area contributed by atoms with E-state index in [1.54, 1.807) is 30.6 Å². The summed E-state index contributed by atoms with van der Waals surface area (Å²) in [6.45, 7) is 8.83. The molecule has 134 valence electrons. The Bertz CT molecular complexity index is 719. The van der Waals surface area contributed by atoms with Gasteiger partial charge in [-0.2, -0.15) is 0 Å². The highest BCUT2D eigenvalue weighted by Crippen LogP contribution is 2.24. The molecule has 0 radical (unpaired) electrons. The van der Waals surface area contributed by atoms with Gasteiger partial charge in [-0.15, -0.1) is 0 Å². The number of ether oxygens (including phenoxy) is 1. The number of hydrogen-bond donors (Lipinski definition) is 1. The first-order chi connectivity index (χ1) is 12.0. The fourth-order valence-electron chi connectivity index (χ4n) is 2.91. The molecule has 0 aliphatic rings. The van der Waals surface area contributed by atoms with E-state index >= 15 is 0 Å². The molecule has 0 aliphatic heterocycles. The third-order valence-electron chi connectivity index (χ3n) is 4.39. The molecule has 2 aromatic rings. The number of urea groups is 1. The van der Waals surface area contributed by atoms with Gasteiger partial charge in [-0.3, -0.25) is 9.97 Å². The Balaban J connectivity index is 2.08. The minimum absolute atomic E-state index is 0.0553. The molecule has 0 bridgehead atoms. The number of aryl methyl sites for hydroxylation is 1. The number of rotatable bonds is 6. The van der Waals surface area contributed by atoms with Gasteiger partial charge in [0.1, 0.15) is 5.75 Å². The van der Waals surface area contributed by atoms with Gasteiger partial charge in [-0.1, -0.05) is 6.07 Å². The Morgan fingerprint density at radius 3 is 2.72 bits per heavy atom. The average Bonchev–Trinajstić information content (AvgIpc) is 2.62. The summed E-state index contributed by atoms with van der Waals surface area (Å²) in [6.07, 6.45) is 5.28. The Morgan fingerprint density at radius 2 is 2.12 bits per heavy atom. The molecule has 6 nitrogen and oxygen atoms in total. The molecule has 0 spiro atoms. The van der Waals surface area contributed by atoms with Gasteiger partial charge in [0, 0.05) is 36.3 Å². The lowest BCUT2D eigenvalue weighted by Crippen LogP contribution is -2.41. The monoisotopic (exact) mass is 342 g/mol. The maximum Gasteiger partial charge on any atom is 0.318 e. The van der Waals surface area contributed by atoms with Crippen LogP contribution >= 0.6 is 0 Å². The SMILES string of the molecule is CCN(C(=O)NCc1ncc(C)c(OC)c1C)C(C)c1cccnc1. The first-order valence-corrected chi connectivity index (χ1v) is 8.43. The van der Waals surface area contributed by atoms with Crippen LogP contribution in [-0.2, 0) is 6.54 Å². The molecule has 0 aromatic carbocycles. The van der Waals surface area contributed by atoms with Crippen molar-refractivity contribution in [1.82, 2.24) is 20.2 Å². The summed E-state index contributed by atoms with van der Waals surface area (Å²) in [5.74, 6) is 0.815. The van der Waals surface area contributed by atoms with E-state index in [2.05, 4.69) is 15.3 Å². The second-order valence-corrected chi connectivity index (χ2v) is 5.95. The highest BCUT2D eigenvalue weighted by Gasteiger charge is 2.20. The summed E-state index contributed by atoms with van der Waals surface area (Å²) >= 11 is 0. The van der Waals surface area contributed by atoms with Gasteiger partial charge in [0.25, 0.3) is 0 Å². The van der Waals surface area contributed by atoms with E-state index in [-0.39, 0.29) is 12.1 Å². The van der Waals surface area contributed by atoms with Crippen molar-refractivity contribution in [3.05, 3.63) is 53.1 Å². The Kier molecular flexibility index (Phi) is 6.33. The normalized spacial score (nSPS) is 11.7. The van der Waals surface area contributed by atoms with Crippen molar-refractivity contribution in [2.45, 2.75) is 40.3 Å². The predicted octanol–water partition coefficient (Wildman–Crippen LogP) is 3.39. The lowest BCUT2D eigenvalue weighted by Gasteiger charge is -2.28. The van der Waals surface area contributed by atoms with E-state index in [1.807, 2.05) is 39.8 Å². The van der Waals surface area contributed by atoms with Crippen molar-refractivity contribution in [1.29, 1.82) is 0 Å². The molecular weight excluding hydrogens is 316 g/mol. The van der Waals surface area contributed by atoms with Gasteiger partial charge < -0.3 is 15.0 Å². The molecule has 2 rings (SSSR count). The van der Waals surface area contributed by atoms with Crippen LogP contribution in [0.25, 0.3) is 0 Å². The van der Waals surface area contributed by atoms with E-state index in [9.17, 15) is 4.79 Å². The number of methoxy groups -OCH3 is 1. The summed E-state index contributed by atoms with van der Waals surface area (Å²) in [7, 11) is 1.64. The van der Waals surface area contributed by atoms with Crippen molar-refractivity contribution < 1.29 is 9.53 Å². The van der Waals surface area contributed by atoms with E-state index in [0.717, 1.165) is 28.1 Å². The molecule has 2 heterocycles. The first kappa shape index (κ1) is 18.7. The van der Waals surface area contributed by atoms with Gasteiger partial charge in [-0.05, 0) is 39.3 Å². The van der Waals surface area contributed by atoms with Crippen LogP contribution in [0.4, 0.5) is 4.79 Å². The van der Waals surface area contributed by atoms with E-state index in [0.29, 0.717) is 13.1 Å². The van der Waals surface area contributed by atoms with Gasteiger partial charge >= 0.3 is 6.03 Å². The number of nitrogens with one attached hydrogen (secondary N) is 1. The van der Waals surface area contributed by atoms with Crippen LogP contribution in [0.5, 0.6) is 5.75 Å². The van der Waals surface area contributed by atoms with Crippen LogP contribution in [0.2, 0.25) is 0 Å². The molecule has 1 unspecified atom stereocenters. The molecule has 1 atom stereocenters. The fourth-order valence-corrected chi connectivity index (χ4v) is 2.91. The van der Waals surface area contributed by atoms with Gasteiger partial charge in [0.2, 0.25) is 0 Å². The standard InChI is InChI=1S/C19H26N4O2/c1-6-23(15(4)16-8-7-9-20-11-16)19(24)22-12-17-14(3)18(25-5)13(2)10-21-17/h7-11,15H,6,12H2,1-5H3,(H,22,24). The third kappa shape index (κ3) is 4.26. The number of amides is 2. The van der Waals surface area contributed by atoms with Crippen LogP contribution in [-0.4, -0.2) is 34.6 Å². The maximum absolute atomic E-state index is 12.6. The quantitative estimate of drug-likeness (QED) is 0.874. The summed E-state index contributed by atoms with van der Waals surface area (Å²) < 4.78 is 5.42. The highest BCUT2D eigenvalue weighted by molar-refractivity contribution is 5.74. The largest absolute Gasteiger partial charge is 0.496 e. The molecule has 0 saturated carbocycles. The topological polar surface area (TPSA) is 67.4 Å². The van der Waals surface area contributed by atoms with Gasteiger partial charge in [0.15, 0.2) is 0 Å². The second kappa shape index (κ2) is 8.46. The summed E-state index contributed by atoms with van der Waals surface area (Å²) in [4.78, 5) is 23.0. The van der Waals surface area contributed by atoms with Crippen molar-refractivity contribution >= 4 is 6.03 Å². The Morgan fingerprint density at radius 1 is 1.36 bits per heavy atom. The lowest BCUT2D eigenvalue weighted by atomic mass is 10.1. The summed E-state index contributed by atoms with van der Waals surface area (Å²) in [5, 5.41) is 2.96. The van der Waals surface area contributed by atoms with E-state index in [1.165, 1.54) is 0 Å². The van der Waals surface area contributed by atoms with Crippen molar-refractivity contribution in [3.63, 3.8) is 0 Å². The molecule has 6 heteroatoms. The van der Waals surface area contributed by atoms with E-state index < -0.39 is 0 Å². The summed E-state index contributed by atoms with van der Waals surface area (Å²) in [5.41, 5.74) is 3.74. The van der Waals surface area contributed by atoms with Crippen LogP contribution in [0.1, 0.15) is 42.3 Å². The van der Waals surface area contributed by atoms with Gasteiger partial charge in [0.05, 0.1) is 25.4 Å². The fraction of sp³-hybridized carbons (Fsp3) is 0.421. The highest BCUT2D eigenvalue weighted by atomic mass is 16.5. The second-order valence-electron chi connectivity index (χ2n) is 5.95. The molecule has 2 amide bonds. The number of nitrogens with zero attached hydrogens (tertiary/aromatic N) is 3. The zero-order valence-corrected chi connectivity index (χ0v) is 15.5. The third-order valence-corrected chi connectivity index (χ3v) is 4.39. The lowest BCUT2D eigenvalue weighted by molar-refractivity contribution is 0.182. The van der Waals surface area contributed by atoms with Crippen molar-refractivity contribution in [2.75, 3.05) is 13.7 Å². The molecule has 0 fully saturated rings. The predicted molar refractivity (Wildman–Crippen MR) is 97.5 cm³/mol. The number of aromatic nitrogens is 2. The zero-order chi connectivity index (χ0) is 18.4. The number of carbonyl (C=O) groups is 1. The van der Waals surface area contributed by atoms with Crippen molar-refractivity contribution in [2.24, 2.45) is 0 Å². The minimum Gasteiger partial charge on any atom is -0.496 e. The summed E-state index contributed by atoms with van der Waals surface area (Å²) in [6, 6.07) is 3.67. The minimum atomic E-state index is -0.125. The molecule has 0 saturated heterocycles. The molecule has 0 aliphatic carbocycles. The first-order valence-electron chi connectivity index (χ1n) is 8.43.